The van der Waals surface area contributed by atoms with Crippen molar-refractivity contribution in [3.8, 4) is 44.5 Å². The standard InChI is InChI=1S/C40H37N.C13H12/c1-6-28(2)40(27-41-5)39-26-35(22-20-30(39)4)34-21-19-29(3)38(25-34)37-18-11-10-16-36(37)24-31-13-12-17-33(23-31)32-14-8-7-9-15-32;1-11-7-9-13(10-8-11)12-5-3-2-4-6-12/h6-23,25-27H,1,24H2,2-5H3;2-10H,1H3/b40-28+,41-27?;. The average molecular weight is 700 g/mol. The van der Waals surface area contributed by atoms with Crippen LogP contribution in [0.2, 0.25) is 0 Å². The lowest BCUT2D eigenvalue weighted by Crippen LogP contribution is -1.96. The van der Waals surface area contributed by atoms with Gasteiger partial charge in [0.05, 0.1) is 0 Å². The largest absolute Gasteiger partial charge is 0.296 e. The van der Waals surface area contributed by atoms with Crippen LogP contribution >= 0.6 is 0 Å². The fourth-order valence-corrected chi connectivity index (χ4v) is 6.83. The van der Waals surface area contributed by atoms with Gasteiger partial charge in [0.2, 0.25) is 0 Å². The molecule has 7 aromatic carbocycles. The van der Waals surface area contributed by atoms with Crippen molar-refractivity contribution in [3.63, 3.8) is 0 Å². The van der Waals surface area contributed by atoms with Gasteiger partial charge in [-0.05, 0) is 124 Å². The van der Waals surface area contributed by atoms with Gasteiger partial charge in [-0.25, -0.2) is 0 Å². The van der Waals surface area contributed by atoms with Gasteiger partial charge >= 0.3 is 0 Å². The highest BCUT2D eigenvalue weighted by molar-refractivity contribution is 6.12. The Hall–Kier alpha value is -6.31. The predicted molar refractivity (Wildman–Crippen MR) is 235 cm³/mol. The number of aliphatic imine (C=N–C) groups is 1. The summed E-state index contributed by atoms with van der Waals surface area (Å²) in [6.45, 7) is 12.6. The lowest BCUT2D eigenvalue weighted by atomic mass is 9.88. The van der Waals surface area contributed by atoms with E-state index >= 15 is 0 Å². The number of aryl methyl sites for hydroxylation is 3. The molecule has 1 heteroatoms. The molecular weight excluding hydrogens is 651 g/mol. The summed E-state index contributed by atoms with van der Waals surface area (Å²) in [4.78, 5) is 4.33. The van der Waals surface area contributed by atoms with Crippen molar-refractivity contribution in [1.82, 2.24) is 0 Å². The van der Waals surface area contributed by atoms with Gasteiger partial charge in [0.1, 0.15) is 0 Å². The Morgan fingerprint density at radius 2 is 1.06 bits per heavy atom. The summed E-state index contributed by atoms with van der Waals surface area (Å²) in [7, 11) is 1.82. The molecule has 0 radical (unpaired) electrons. The number of hydrogen-bond donors (Lipinski definition) is 0. The van der Waals surface area contributed by atoms with E-state index in [0.29, 0.717) is 0 Å². The second-order valence-electron chi connectivity index (χ2n) is 13.9. The number of nitrogens with zero attached hydrogens (tertiary/aromatic N) is 1. The molecular formula is C53H49N. The van der Waals surface area contributed by atoms with Gasteiger partial charge < -0.3 is 0 Å². The van der Waals surface area contributed by atoms with Crippen LogP contribution in [0.1, 0.15) is 40.3 Å². The molecule has 0 aliphatic rings. The van der Waals surface area contributed by atoms with E-state index in [1.165, 1.54) is 77.9 Å². The molecule has 54 heavy (non-hydrogen) atoms. The van der Waals surface area contributed by atoms with Gasteiger partial charge in [0.15, 0.2) is 0 Å². The Kier molecular flexibility index (Phi) is 12.4. The van der Waals surface area contributed by atoms with E-state index in [2.05, 4.69) is 203 Å². The third kappa shape index (κ3) is 9.18. The van der Waals surface area contributed by atoms with Gasteiger partial charge in [0, 0.05) is 18.8 Å². The molecule has 7 rings (SSSR count). The quantitative estimate of drug-likeness (QED) is 0.105. The average Bonchev–Trinajstić information content (AvgIpc) is 3.22. The monoisotopic (exact) mass is 699 g/mol. The molecule has 0 atom stereocenters. The van der Waals surface area contributed by atoms with E-state index < -0.39 is 0 Å². The van der Waals surface area contributed by atoms with Crippen LogP contribution in [0.15, 0.2) is 193 Å². The van der Waals surface area contributed by atoms with Gasteiger partial charge in [-0.15, -0.1) is 0 Å². The maximum Gasteiger partial charge on any atom is 0.0290 e. The first-order valence-corrected chi connectivity index (χ1v) is 18.7. The summed E-state index contributed by atoms with van der Waals surface area (Å²) >= 11 is 0. The summed E-state index contributed by atoms with van der Waals surface area (Å²) in [5, 5.41) is 0. The Balaban J connectivity index is 0.000000321. The minimum Gasteiger partial charge on any atom is -0.296 e. The zero-order chi connectivity index (χ0) is 37.9. The zero-order valence-corrected chi connectivity index (χ0v) is 32.2. The lowest BCUT2D eigenvalue weighted by molar-refractivity contribution is 1.19. The van der Waals surface area contributed by atoms with Crippen molar-refractivity contribution in [2.75, 3.05) is 7.05 Å². The third-order valence-electron chi connectivity index (χ3n) is 9.98. The first-order chi connectivity index (χ1) is 26.3. The first kappa shape index (κ1) is 37.4. The molecule has 1 nitrogen and oxygen atoms in total. The predicted octanol–water partition coefficient (Wildman–Crippen LogP) is 14.2. The van der Waals surface area contributed by atoms with Crippen molar-refractivity contribution in [2.24, 2.45) is 4.99 Å². The van der Waals surface area contributed by atoms with Gasteiger partial charge in [-0.1, -0.05) is 176 Å². The summed E-state index contributed by atoms with van der Waals surface area (Å²) < 4.78 is 0. The van der Waals surface area contributed by atoms with Gasteiger partial charge in [-0.3, -0.25) is 4.99 Å². The Bertz CT molecular complexity index is 2390. The van der Waals surface area contributed by atoms with Gasteiger partial charge in [-0.2, -0.15) is 0 Å². The number of benzene rings is 7. The molecule has 0 aliphatic carbocycles. The van der Waals surface area contributed by atoms with Crippen molar-refractivity contribution in [2.45, 2.75) is 34.1 Å². The molecule has 7 aromatic rings. The Morgan fingerprint density at radius 3 is 1.72 bits per heavy atom. The van der Waals surface area contributed by atoms with Crippen LogP contribution in [-0.2, 0) is 6.42 Å². The Labute approximate surface area is 322 Å². The van der Waals surface area contributed by atoms with E-state index in [9.17, 15) is 0 Å². The lowest BCUT2D eigenvalue weighted by Gasteiger charge is -2.16. The minimum atomic E-state index is 0.876. The molecule has 0 bridgehead atoms. The van der Waals surface area contributed by atoms with Crippen LogP contribution < -0.4 is 0 Å². The molecule has 0 heterocycles. The highest BCUT2D eigenvalue weighted by Gasteiger charge is 2.13. The smallest absolute Gasteiger partial charge is 0.0290 e. The highest BCUT2D eigenvalue weighted by Crippen LogP contribution is 2.35. The van der Waals surface area contributed by atoms with Crippen molar-refractivity contribution in [3.05, 3.63) is 221 Å². The van der Waals surface area contributed by atoms with E-state index in [1.807, 2.05) is 25.4 Å². The highest BCUT2D eigenvalue weighted by atomic mass is 14.6. The van der Waals surface area contributed by atoms with E-state index in [0.717, 1.165) is 17.6 Å². The zero-order valence-electron chi connectivity index (χ0n) is 32.2. The number of allylic oxidation sites excluding steroid dienone is 3. The van der Waals surface area contributed by atoms with Gasteiger partial charge in [0.25, 0.3) is 0 Å². The van der Waals surface area contributed by atoms with E-state index in [4.69, 9.17) is 0 Å². The molecule has 0 amide bonds. The van der Waals surface area contributed by atoms with Crippen LogP contribution in [0.3, 0.4) is 0 Å². The summed E-state index contributed by atoms with van der Waals surface area (Å²) in [6.07, 6.45) is 4.72. The molecule has 0 spiro atoms. The second-order valence-corrected chi connectivity index (χ2v) is 13.9. The molecule has 266 valence electrons. The fourth-order valence-electron chi connectivity index (χ4n) is 6.83. The normalized spacial score (nSPS) is 11.4. The third-order valence-corrected chi connectivity index (χ3v) is 9.98. The summed E-state index contributed by atoms with van der Waals surface area (Å²) in [5.74, 6) is 0. The van der Waals surface area contributed by atoms with Crippen LogP contribution in [0.4, 0.5) is 0 Å². The minimum absolute atomic E-state index is 0.876. The fraction of sp³-hybridized carbons (Fsp3) is 0.113. The maximum atomic E-state index is 4.33. The summed E-state index contributed by atoms with van der Waals surface area (Å²) in [5.41, 5.74) is 19.9. The molecule has 0 N–H and O–H groups in total. The van der Waals surface area contributed by atoms with Crippen LogP contribution in [0, 0.1) is 20.8 Å². The van der Waals surface area contributed by atoms with Crippen LogP contribution in [0.25, 0.3) is 50.1 Å². The molecule has 0 unspecified atom stereocenters. The SMILES string of the molecule is C=C/C(C)=C(\C=NC)c1cc(-c2ccc(C)c(-c3ccccc3Cc3cccc(-c4ccccc4)c3)c2)ccc1C.Cc1ccc(-c2ccccc2)cc1. The van der Waals surface area contributed by atoms with Crippen LogP contribution in [-0.4, -0.2) is 13.3 Å². The topological polar surface area (TPSA) is 12.4 Å². The Morgan fingerprint density at radius 1 is 0.519 bits per heavy atom. The molecule has 0 aromatic heterocycles. The molecule has 0 saturated carbocycles. The van der Waals surface area contributed by atoms with Crippen molar-refractivity contribution < 1.29 is 0 Å². The molecule has 0 fully saturated rings. The molecule has 0 saturated heterocycles. The summed E-state index contributed by atoms with van der Waals surface area (Å²) in [6, 6.07) is 60.9. The van der Waals surface area contributed by atoms with Crippen molar-refractivity contribution >= 4 is 11.8 Å². The number of hydrogen-bond acceptors (Lipinski definition) is 1. The first-order valence-electron chi connectivity index (χ1n) is 18.7. The van der Waals surface area contributed by atoms with Crippen LogP contribution in [0.5, 0.6) is 0 Å². The van der Waals surface area contributed by atoms with E-state index in [-0.39, 0.29) is 0 Å². The van der Waals surface area contributed by atoms with E-state index in [1.54, 1.807) is 0 Å². The van der Waals surface area contributed by atoms with Crippen molar-refractivity contribution in [1.29, 1.82) is 0 Å². The number of rotatable bonds is 9. The second kappa shape index (κ2) is 17.9. The maximum absolute atomic E-state index is 4.33. The molecule has 0 aliphatic heterocycles.